The number of rotatable bonds is 4. The molecule has 0 atom stereocenters. The summed E-state index contributed by atoms with van der Waals surface area (Å²) in [5, 5.41) is 14.7. The van der Waals surface area contributed by atoms with Crippen molar-refractivity contribution in [2.24, 2.45) is 0 Å². The molecule has 2 rings (SSSR count). The molecule has 1 nitrogen and oxygen atoms in total. The van der Waals surface area contributed by atoms with Crippen LogP contribution in [0.15, 0.2) is 52.4 Å². The van der Waals surface area contributed by atoms with Gasteiger partial charge in [0.2, 0.25) is 0 Å². The molecule has 1 aliphatic rings. The van der Waals surface area contributed by atoms with Crippen LogP contribution in [-0.4, -0.2) is 12.9 Å². The van der Waals surface area contributed by atoms with Gasteiger partial charge in [-0.25, -0.2) is 0 Å². The van der Waals surface area contributed by atoms with E-state index in [1.807, 2.05) is 0 Å². The molecule has 1 N–H and O–H groups in total. The van der Waals surface area contributed by atoms with Gasteiger partial charge in [-0.2, -0.15) is 0 Å². The summed E-state index contributed by atoms with van der Waals surface area (Å²) in [5.41, 5.74) is 0.0625. The van der Waals surface area contributed by atoms with Crippen molar-refractivity contribution < 1.29 is 11.0 Å². The smallest absolute Gasteiger partial charge is 0.147 e. The fourth-order valence-corrected chi connectivity index (χ4v) is 38.0. The first-order valence-electron chi connectivity index (χ1n) is 9.08. The van der Waals surface area contributed by atoms with E-state index < -0.39 is 18.4 Å². The van der Waals surface area contributed by atoms with Crippen LogP contribution in [0.2, 0.25) is 26.1 Å². The minimum Gasteiger partial charge on any atom is -0.147 e. The average molecular weight is 440 g/mol. The summed E-state index contributed by atoms with van der Waals surface area (Å²) in [6.07, 6.45) is 8.07. The molecule has 0 amide bonds. The molecule has 0 unspecified atom stereocenters. The number of hydrogen-bond donors (Lipinski definition) is 1. The van der Waals surface area contributed by atoms with E-state index in [1.165, 1.54) is 0 Å². The van der Waals surface area contributed by atoms with Gasteiger partial charge in [-0.15, -0.1) is 24.8 Å². The van der Waals surface area contributed by atoms with Crippen LogP contribution in [0.5, 0.6) is 0 Å². The van der Waals surface area contributed by atoms with Gasteiger partial charge >= 0.3 is 139 Å². The van der Waals surface area contributed by atoms with Crippen LogP contribution in [0, 0.1) is 0 Å². The molecule has 0 bridgehead atoms. The molecular weight excluding hydrogens is 401 g/mol. The van der Waals surface area contributed by atoms with E-state index in [0.29, 0.717) is 0 Å². The van der Waals surface area contributed by atoms with Crippen LogP contribution in [0.1, 0.15) is 27.2 Å². The quantitative estimate of drug-likeness (QED) is 0.573. The van der Waals surface area contributed by atoms with E-state index >= 15 is 0 Å². The number of allylic oxidation sites excluding steroid dienone is 4. The molecule has 1 aromatic carbocycles. The van der Waals surface area contributed by atoms with Crippen LogP contribution < -0.4 is 8.99 Å². The van der Waals surface area contributed by atoms with Gasteiger partial charge in [-0.1, -0.05) is 0 Å². The Morgan fingerprint density at radius 1 is 0.920 bits per heavy atom. The number of hydrogen-bond acceptors (Lipinski definition) is 1. The van der Waals surface area contributed by atoms with E-state index in [4.69, 9.17) is 0 Å². The van der Waals surface area contributed by atoms with Crippen molar-refractivity contribution in [3.8, 4) is 0 Å². The maximum Gasteiger partial charge on any atom is -0.147 e. The van der Waals surface area contributed by atoms with Crippen LogP contribution >= 0.6 is 24.8 Å². The summed E-state index contributed by atoms with van der Waals surface area (Å²) >= 11 is 0. The number of benzene rings is 1. The van der Waals surface area contributed by atoms with Crippen molar-refractivity contribution in [1.29, 1.82) is 0 Å². The minimum atomic E-state index is -4.58. The number of halogens is 2. The van der Waals surface area contributed by atoms with Gasteiger partial charge in [-0.05, 0) is 0 Å². The summed E-state index contributed by atoms with van der Waals surface area (Å²) in [7, 11) is -5.23. The Morgan fingerprint density at radius 3 is 1.84 bits per heavy atom. The van der Waals surface area contributed by atoms with Crippen molar-refractivity contribution >= 4 is 37.4 Å². The Kier molecular flexibility index (Phi) is 4.99. The molecule has 5 heteroatoms. The van der Waals surface area contributed by atoms with Gasteiger partial charge in [0.25, 0.3) is 0 Å². The van der Waals surface area contributed by atoms with E-state index in [-0.39, 0.29) is 30.4 Å². The zero-order chi connectivity index (χ0) is 17.8. The summed E-state index contributed by atoms with van der Waals surface area (Å²) in [6, 6.07) is 11.2. The predicted octanol–water partition coefficient (Wildman–Crippen LogP) is 5.92. The van der Waals surface area contributed by atoms with Gasteiger partial charge in [-0.3, -0.25) is 0 Å². The largest absolute Gasteiger partial charge is 0.147 e. The van der Waals surface area contributed by atoms with Crippen molar-refractivity contribution in [3.05, 3.63) is 52.4 Å². The molecule has 1 aliphatic carbocycles. The van der Waals surface area contributed by atoms with Crippen molar-refractivity contribution in [1.82, 2.24) is 3.80 Å². The van der Waals surface area contributed by atoms with E-state index in [9.17, 15) is 0 Å². The first-order chi connectivity index (χ1) is 9.87. The fourth-order valence-electron chi connectivity index (χ4n) is 5.98. The summed E-state index contributed by atoms with van der Waals surface area (Å²) in [4.78, 5) is 0. The van der Waals surface area contributed by atoms with E-state index in [0.717, 1.165) is 6.42 Å². The third-order valence-corrected chi connectivity index (χ3v) is 33.9. The van der Waals surface area contributed by atoms with E-state index in [2.05, 4.69) is 99.3 Å². The maximum absolute atomic E-state index is 4.58. The van der Waals surface area contributed by atoms with Crippen molar-refractivity contribution in [2.75, 3.05) is 0 Å². The molecule has 146 valence electrons. The zero-order valence-corrected chi connectivity index (χ0v) is 22.0. The molecule has 0 heterocycles. The average Bonchev–Trinajstić information content (AvgIpc) is 2.79. The normalized spacial score (nSPS) is 21.2. The topological polar surface area (TPSA) is 12.0 Å². The second-order valence-corrected chi connectivity index (χ2v) is 67.3. The van der Waals surface area contributed by atoms with Gasteiger partial charge in [0.1, 0.15) is 0 Å². The standard InChI is InChI=1S/C6H7Si.C5H5.C4H10N.5CH3.2ClH.Ti/c7-6-4-2-1-3-5-6;1-2-4-5-3-1;1-4(2,3)5;;;;;;;;/h1-5H,7H2;1-3H,4H2;5H,1-3H3;5*1H3;2*1H;/q;;-1;;;;;;;;+1. The molecule has 0 fully saturated rings. The van der Waals surface area contributed by atoms with Gasteiger partial charge in [0, 0.05) is 0 Å². The molecule has 0 spiro atoms. The Labute approximate surface area is 162 Å². The first kappa shape index (κ1) is 25.2. The number of nitrogens with one attached hydrogen (secondary N) is 1. The molecule has 1 aromatic rings. The zero-order valence-electron chi connectivity index (χ0n) is 17.3. The molecule has 0 radical (unpaired) electrons. The third kappa shape index (κ3) is 5.12. The summed E-state index contributed by atoms with van der Waals surface area (Å²) in [5.74, 6) is 0. The Morgan fingerprint density at radius 2 is 1.44 bits per heavy atom. The van der Waals surface area contributed by atoms with Crippen LogP contribution in [0.3, 0.4) is 0 Å². The first-order valence-corrected chi connectivity index (χ1v) is 23.2. The molecule has 25 heavy (non-hydrogen) atoms. The minimum absolute atomic E-state index is 0. The molecule has 0 saturated heterocycles. The monoisotopic (exact) mass is 439 g/mol. The van der Waals surface area contributed by atoms with Crippen LogP contribution in [0.4, 0.5) is 0 Å². The second kappa shape index (κ2) is 4.96. The van der Waals surface area contributed by atoms with Crippen LogP contribution in [-0.2, 0) is 11.0 Å². The molecule has 0 aromatic heterocycles. The summed E-state index contributed by atoms with van der Waals surface area (Å²) in [6.45, 7) is 6.96. The van der Waals surface area contributed by atoms with Crippen LogP contribution in [0.25, 0.3) is 0 Å². The summed E-state index contributed by atoms with van der Waals surface area (Å²) < 4.78 is 5.99. The van der Waals surface area contributed by atoms with Gasteiger partial charge in [0.15, 0.2) is 0 Å². The van der Waals surface area contributed by atoms with Gasteiger partial charge < -0.3 is 0 Å². The predicted molar refractivity (Wildman–Crippen MR) is 123 cm³/mol. The van der Waals surface area contributed by atoms with Crippen molar-refractivity contribution in [3.63, 3.8) is 0 Å². The third-order valence-electron chi connectivity index (χ3n) is 6.02. The Hall–Kier alpha value is 0.171. The fraction of sp³-hybridized carbons (Fsp3) is 0.500. The van der Waals surface area contributed by atoms with Crippen molar-refractivity contribution in [2.45, 2.75) is 58.9 Å². The molecule has 0 aliphatic heterocycles. The Bertz CT molecular complexity index is 751. The van der Waals surface area contributed by atoms with E-state index in [1.54, 1.807) is 9.06 Å². The SMILES string of the molecule is CC(C)(C)[NH][Ti]([CH3])([CH3])([CH3])([CH3])([CH3])([SiH2]c1ccccc1)[C]1=CC=CC1.Cl.Cl. The second-order valence-electron chi connectivity index (χ2n) is 15.1. The molecule has 0 saturated carbocycles. The van der Waals surface area contributed by atoms with Gasteiger partial charge in [0.05, 0.1) is 0 Å². The Balaban J connectivity index is 0.00000288. The maximum atomic E-state index is 4.35. The molecular formula is C20H39Cl2NSiTi.